The average molecular weight is 340 g/mol. The molecule has 2 aromatic rings. The van der Waals surface area contributed by atoms with Crippen LogP contribution in [-0.2, 0) is 25.7 Å². The van der Waals surface area contributed by atoms with Gasteiger partial charge in [0, 0.05) is 12.8 Å². The Bertz CT molecular complexity index is 757. The third kappa shape index (κ3) is 6.79. The lowest BCUT2D eigenvalue weighted by atomic mass is 10.1. The van der Waals surface area contributed by atoms with Crippen LogP contribution in [0.3, 0.4) is 0 Å². The van der Waals surface area contributed by atoms with Crippen molar-refractivity contribution in [1.82, 2.24) is 0 Å². The van der Waals surface area contributed by atoms with Crippen LogP contribution in [0.25, 0.3) is 10.8 Å². The quantitative estimate of drug-likeness (QED) is 0.522. The third-order valence-electron chi connectivity index (χ3n) is 3.71. The molecule has 0 spiro atoms. The maximum absolute atomic E-state index is 11.8. The van der Waals surface area contributed by atoms with Crippen molar-refractivity contribution in [3.8, 4) is 0 Å². The fraction of sp³-hybridized carbons (Fsp3) is 0.333. The van der Waals surface area contributed by atoms with Crippen molar-refractivity contribution < 1.29 is 19.1 Å². The van der Waals surface area contributed by atoms with Crippen LogP contribution >= 0.6 is 0 Å². The number of hydrogen-bond donors (Lipinski definition) is 0. The Hall–Kier alpha value is -2.62. The van der Waals surface area contributed by atoms with Crippen molar-refractivity contribution in [3.63, 3.8) is 0 Å². The minimum atomic E-state index is -0.301. The zero-order chi connectivity index (χ0) is 18.1. The summed E-state index contributed by atoms with van der Waals surface area (Å²) in [5, 5.41) is 2.28. The smallest absolute Gasteiger partial charge is 0.306 e. The van der Waals surface area contributed by atoms with Crippen LogP contribution in [0, 0.1) is 0 Å². The van der Waals surface area contributed by atoms with Gasteiger partial charge in [0.05, 0.1) is 0 Å². The number of carbonyl (C=O) groups is 2. The molecule has 2 rings (SSSR count). The minimum Gasteiger partial charge on any atom is -0.461 e. The first kappa shape index (κ1) is 18.7. The minimum absolute atomic E-state index is 0.214. The van der Waals surface area contributed by atoms with E-state index in [2.05, 4.69) is 0 Å². The van der Waals surface area contributed by atoms with Gasteiger partial charge in [-0.15, -0.1) is 0 Å². The number of esters is 2. The van der Waals surface area contributed by atoms with Crippen molar-refractivity contribution in [2.24, 2.45) is 0 Å². The highest BCUT2D eigenvalue weighted by molar-refractivity contribution is 5.83. The lowest BCUT2D eigenvalue weighted by molar-refractivity contribution is -0.145. The molecule has 4 nitrogen and oxygen atoms in total. The number of carbonyl (C=O) groups excluding carboxylic acids is 2. The monoisotopic (exact) mass is 340 g/mol. The van der Waals surface area contributed by atoms with E-state index in [4.69, 9.17) is 9.47 Å². The van der Waals surface area contributed by atoms with Crippen molar-refractivity contribution in [3.05, 3.63) is 59.7 Å². The molecule has 0 N–H and O–H groups in total. The van der Waals surface area contributed by atoms with Gasteiger partial charge in [0.15, 0.2) is 0 Å². The summed E-state index contributed by atoms with van der Waals surface area (Å²) in [4.78, 5) is 23.3. The van der Waals surface area contributed by atoms with Crippen LogP contribution in [0.1, 0.15) is 38.7 Å². The van der Waals surface area contributed by atoms with Crippen molar-refractivity contribution in [1.29, 1.82) is 0 Å². The lowest BCUT2D eigenvalue weighted by Gasteiger charge is -2.06. The molecule has 0 heterocycles. The predicted octanol–water partition coefficient (Wildman–Crippen LogP) is 4.56. The van der Waals surface area contributed by atoms with Crippen LogP contribution in [-0.4, -0.2) is 18.5 Å². The molecule has 0 amide bonds. The molecule has 0 bridgehead atoms. The molecule has 2 aromatic carbocycles. The SMILES string of the molecule is CC(C)=CCOC(=O)CCCC(=O)OCc1ccc2ccccc2c1. The first-order valence-corrected chi connectivity index (χ1v) is 8.47. The summed E-state index contributed by atoms with van der Waals surface area (Å²) in [5.41, 5.74) is 2.05. The Balaban J connectivity index is 1.68. The third-order valence-corrected chi connectivity index (χ3v) is 3.71. The van der Waals surface area contributed by atoms with E-state index < -0.39 is 0 Å². The lowest BCUT2D eigenvalue weighted by Crippen LogP contribution is -2.08. The van der Waals surface area contributed by atoms with Gasteiger partial charge in [-0.3, -0.25) is 9.59 Å². The van der Waals surface area contributed by atoms with E-state index >= 15 is 0 Å². The van der Waals surface area contributed by atoms with Crippen LogP contribution in [0.4, 0.5) is 0 Å². The fourth-order valence-corrected chi connectivity index (χ4v) is 2.32. The summed E-state index contributed by atoms with van der Waals surface area (Å²) in [6.45, 7) is 4.42. The average Bonchev–Trinajstić information content (AvgIpc) is 2.59. The standard InChI is InChI=1S/C21H24O4/c1-16(2)12-13-24-20(22)8-5-9-21(23)25-15-17-10-11-18-6-3-4-7-19(18)14-17/h3-4,6-7,10-12,14H,5,8-9,13,15H2,1-2H3. The summed E-state index contributed by atoms with van der Waals surface area (Å²) >= 11 is 0. The van der Waals surface area contributed by atoms with E-state index in [9.17, 15) is 9.59 Å². The molecule has 4 heteroatoms. The highest BCUT2D eigenvalue weighted by Gasteiger charge is 2.07. The van der Waals surface area contributed by atoms with Gasteiger partial charge in [-0.2, -0.15) is 0 Å². The highest BCUT2D eigenvalue weighted by atomic mass is 16.5. The van der Waals surface area contributed by atoms with Gasteiger partial charge in [-0.25, -0.2) is 0 Å². The first-order chi connectivity index (χ1) is 12.0. The Kier molecular flexibility index (Phi) is 7.20. The van der Waals surface area contributed by atoms with Gasteiger partial charge in [-0.05, 0) is 48.7 Å². The predicted molar refractivity (Wildman–Crippen MR) is 98.0 cm³/mol. The highest BCUT2D eigenvalue weighted by Crippen LogP contribution is 2.16. The molecule has 25 heavy (non-hydrogen) atoms. The molecule has 0 atom stereocenters. The molecule has 0 aliphatic carbocycles. The van der Waals surface area contributed by atoms with Crippen molar-refractivity contribution in [2.75, 3.05) is 6.61 Å². The molecule has 0 aliphatic heterocycles. The molecule has 0 radical (unpaired) electrons. The number of rotatable bonds is 8. The van der Waals surface area contributed by atoms with Gasteiger partial charge in [0.1, 0.15) is 13.2 Å². The van der Waals surface area contributed by atoms with E-state index in [1.807, 2.05) is 62.4 Å². The molecule has 0 aliphatic rings. The van der Waals surface area contributed by atoms with E-state index in [-0.39, 0.29) is 38.0 Å². The number of benzene rings is 2. The zero-order valence-corrected chi connectivity index (χ0v) is 14.8. The molecule has 0 aromatic heterocycles. The van der Waals surface area contributed by atoms with E-state index in [1.165, 1.54) is 0 Å². The summed E-state index contributed by atoms with van der Waals surface area (Å²) < 4.78 is 10.3. The Morgan fingerprint density at radius 1 is 0.920 bits per heavy atom. The summed E-state index contributed by atoms with van der Waals surface area (Å²) in [7, 11) is 0. The van der Waals surface area contributed by atoms with Crippen LogP contribution < -0.4 is 0 Å². The molecular weight excluding hydrogens is 316 g/mol. The molecule has 0 saturated carbocycles. The fourth-order valence-electron chi connectivity index (χ4n) is 2.32. The van der Waals surface area contributed by atoms with Gasteiger partial charge in [0.2, 0.25) is 0 Å². The topological polar surface area (TPSA) is 52.6 Å². The normalized spacial score (nSPS) is 10.3. The Morgan fingerprint density at radius 2 is 1.60 bits per heavy atom. The number of ether oxygens (including phenoxy) is 2. The van der Waals surface area contributed by atoms with E-state index in [1.54, 1.807) is 0 Å². The maximum atomic E-state index is 11.8. The second-order valence-corrected chi connectivity index (χ2v) is 6.16. The molecular formula is C21H24O4. The summed E-state index contributed by atoms with van der Waals surface area (Å²) in [6, 6.07) is 14.0. The number of hydrogen-bond acceptors (Lipinski definition) is 4. The Morgan fingerprint density at radius 3 is 2.32 bits per heavy atom. The van der Waals surface area contributed by atoms with Crippen molar-refractivity contribution >= 4 is 22.7 Å². The summed E-state index contributed by atoms with van der Waals surface area (Å²) in [6.07, 6.45) is 2.72. The van der Waals surface area contributed by atoms with E-state index in [0.717, 1.165) is 21.9 Å². The second-order valence-electron chi connectivity index (χ2n) is 6.16. The van der Waals surface area contributed by atoms with E-state index in [0.29, 0.717) is 6.42 Å². The maximum Gasteiger partial charge on any atom is 0.306 e. The van der Waals surface area contributed by atoms with Crippen LogP contribution in [0.5, 0.6) is 0 Å². The zero-order valence-electron chi connectivity index (χ0n) is 14.8. The molecule has 0 saturated heterocycles. The van der Waals surface area contributed by atoms with Gasteiger partial charge in [0.25, 0.3) is 0 Å². The van der Waals surface area contributed by atoms with Gasteiger partial charge < -0.3 is 9.47 Å². The molecule has 132 valence electrons. The largest absolute Gasteiger partial charge is 0.461 e. The first-order valence-electron chi connectivity index (χ1n) is 8.47. The van der Waals surface area contributed by atoms with Gasteiger partial charge in [-0.1, -0.05) is 42.0 Å². The van der Waals surface area contributed by atoms with Crippen molar-refractivity contribution in [2.45, 2.75) is 39.7 Å². The van der Waals surface area contributed by atoms with Crippen LogP contribution in [0.2, 0.25) is 0 Å². The molecule has 0 fully saturated rings. The second kappa shape index (κ2) is 9.62. The number of fused-ring (bicyclic) bond motifs is 1. The molecule has 0 unspecified atom stereocenters. The van der Waals surface area contributed by atoms with Gasteiger partial charge >= 0.3 is 11.9 Å². The van der Waals surface area contributed by atoms with Crippen LogP contribution in [0.15, 0.2) is 54.1 Å². The summed E-state index contributed by atoms with van der Waals surface area (Å²) in [5.74, 6) is -0.593. The Labute approximate surface area is 148 Å². The number of allylic oxidation sites excluding steroid dienone is 1.